The minimum atomic E-state index is -0.841. The normalized spacial score (nSPS) is 9.93. The SMILES string of the molecule is CC(CCC=O)N(C)C=O.CNC=O.Cc1c(C=O)cccc1NCCC(=O)O. The molecule has 0 fully saturated rings. The molecule has 0 saturated heterocycles. The molecule has 0 aromatic heterocycles. The van der Waals surface area contributed by atoms with Gasteiger partial charge in [-0.15, -0.1) is 0 Å². The molecule has 0 aliphatic rings. The van der Waals surface area contributed by atoms with Crippen molar-refractivity contribution in [3.05, 3.63) is 29.3 Å². The summed E-state index contributed by atoms with van der Waals surface area (Å²) in [7, 11) is 3.27. The second-order valence-corrected chi connectivity index (χ2v) is 5.98. The molecule has 1 atom stereocenters. The highest BCUT2D eigenvalue weighted by atomic mass is 16.4. The predicted molar refractivity (Wildman–Crippen MR) is 111 cm³/mol. The molecule has 0 spiro atoms. The van der Waals surface area contributed by atoms with Gasteiger partial charge < -0.3 is 25.4 Å². The Kier molecular flexibility index (Phi) is 17.5. The Bertz CT molecular complexity index is 637. The molecule has 0 radical (unpaired) electrons. The summed E-state index contributed by atoms with van der Waals surface area (Å²) in [6.45, 7) is 4.10. The Morgan fingerprint density at radius 2 is 1.86 bits per heavy atom. The number of carbonyl (C=O) groups excluding carboxylic acids is 4. The topological polar surface area (TPSA) is 133 Å². The molecule has 0 aliphatic heterocycles. The van der Waals surface area contributed by atoms with Gasteiger partial charge in [-0.1, -0.05) is 12.1 Å². The van der Waals surface area contributed by atoms with Crippen LogP contribution in [0.5, 0.6) is 0 Å². The number of hydrogen-bond donors (Lipinski definition) is 3. The van der Waals surface area contributed by atoms with Crippen molar-refractivity contribution < 1.29 is 29.1 Å². The van der Waals surface area contributed by atoms with Gasteiger partial charge in [-0.25, -0.2) is 0 Å². The van der Waals surface area contributed by atoms with Crippen molar-refractivity contribution in [2.45, 2.75) is 39.2 Å². The summed E-state index contributed by atoms with van der Waals surface area (Å²) in [4.78, 5) is 51.6. The maximum absolute atomic E-state index is 10.6. The van der Waals surface area contributed by atoms with Crippen molar-refractivity contribution in [3.8, 4) is 0 Å². The molecule has 0 bridgehead atoms. The van der Waals surface area contributed by atoms with Gasteiger partial charge in [0.15, 0.2) is 0 Å². The van der Waals surface area contributed by atoms with Crippen molar-refractivity contribution in [2.24, 2.45) is 0 Å². The smallest absolute Gasteiger partial charge is 0.305 e. The van der Waals surface area contributed by atoms with Gasteiger partial charge >= 0.3 is 5.97 Å². The van der Waals surface area contributed by atoms with Gasteiger partial charge in [0.25, 0.3) is 0 Å². The third-order valence-corrected chi connectivity index (χ3v) is 3.84. The van der Waals surface area contributed by atoms with E-state index in [1.54, 1.807) is 31.1 Å². The lowest BCUT2D eigenvalue weighted by molar-refractivity contribution is -0.136. The first kappa shape index (κ1) is 28.0. The molecule has 1 unspecified atom stereocenters. The maximum atomic E-state index is 10.6. The fourth-order valence-corrected chi connectivity index (χ4v) is 1.89. The highest BCUT2D eigenvalue weighted by molar-refractivity contribution is 5.80. The molecular formula is C20H31N3O6. The van der Waals surface area contributed by atoms with E-state index in [2.05, 4.69) is 10.6 Å². The number of benzene rings is 1. The number of aldehydes is 2. The van der Waals surface area contributed by atoms with E-state index in [0.717, 1.165) is 36.7 Å². The van der Waals surface area contributed by atoms with Crippen LogP contribution in [0, 0.1) is 6.92 Å². The summed E-state index contributed by atoms with van der Waals surface area (Å²) in [5.41, 5.74) is 2.27. The van der Waals surface area contributed by atoms with Crippen molar-refractivity contribution >= 4 is 37.0 Å². The van der Waals surface area contributed by atoms with Crippen LogP contribution >= 0.6 is 0 Å². The lowest BCUT2D eigenvalue weighted by atomic mass is 10.1. The Morgan fingerprint density at radius 3 is 2.31 bits per heavy atom. The molecule has 0 heterocycles. The largest absolute Gasteiger partial charge is 0.481 e. The summed E-state index contributed by atoms with van der Waals surface area (Å²) in [6.07, 6.45) is 4.39. The van der Waals surface area contributed by atoms with E-state index in [1.807, 2.05) is 19.9 Å². The molecule has 3 N–H and O–H groups in total. The van der Waals surface area contributed by atoms with Crippen LogP contribution in [0.1, 0.15) is 42.1 Å². The van der Waals surface area contributed by atoms with Gasteiger partial charge in [0, 0.05) is 44.4 Å². The quantitative estimate of drug-likeness (QED) is 0.472. The Hall–Kier alpha value is -3.23. The van der Waals surface area contributed by atoms with Crippen LogP contribution in [-0.2, 0) is 19.2 Å². The van der Waals surface area contributed by atoms with E-state index < -0.39 is 5.97 Å². The van der Waals surface area contributed by atoms with Crippen molar-refractivity contribution in [1.82, 2.24) is 10.2 Å². The van der Waals surface area contributed by atoms with Gasteiger partial charge in [-0.3, -0.25) is 19.2 Å². The van der Waals surface area contributed by atoms with Crippen molar-refractivity contribution in [2.75, 3.05) is 26.0 Å². The first-order valence-corrected chi connectivity index (χ1v) is 9.01. The zero-order chi connectivity index (χ0) is 22.7. The lowest BCUT2D eigenvalue weighted by Crippen LogP contribution is -2.27. The molecule has 2 amide bonds. The van der Waals surface area contributed by atoms with Crippen LogP contribution in [-0.4, -0.2) is 68.1 Å². The number of nitrogens with zero attached hydrogens (tertiary/aromatic N) is 1. The van der Waals surface area contributed by atoms with Crippen LogP contribution < -0.4 is 10.6 Å². The van der Waals surface area contributed by atoms with Crippen LogP contribution in [0.4, 0.5) is 5.69 Å². The number of carboxylic acid groups (broad SMARTS) is 1. The highest BCUT2D eigenvalue weighted by Crippen LogP contribution is 2.17. The predicted octanol–water partition coefficient (Wildman–Crippen LogP) is 1.50. The number of carbonyl (C=O) groups is 5. The molecule has 9 nitrogen and oxygen atoms in total. The zero-order valence-electron chi connectivity index (χ0n) is 17.4. The summed E-state index contributed by atoms with van der Waals surface area (Å²) < 4.78 is 0. The second kappa shape index (κ2) is 18.1. The van der Waals surface area contributed by atoms with Crippen molar-refractivity contribution in [3.63, 3.8) is 0 Å². The van der Waals surface area contributed by atoms with Gasteiger partial charge in [-0.2, -0.15) is 0 Å². The zero-order valence-corrected chi connectivity index (χ0v) is 17.4. The van der Waals surface area contributed by atoms with E-state index >= 15 is 0 Å². The molecule has 162 valence electrons. The minimum absolute atomic E-state index is 0.0603. The van der Waals surface area contributed by atoms with Crippen LogP contribution in [0.15, 0.2) is 18.2 Å². The molecule has 9 heteroatoms. The average molecular weight is 409 g/mol. The standard InChI is InChI=1S/C11H13NO3.C7H13NO2.C2H5NO/c1-8-9(7-13)3-2-4-10(8)12-6-5-11(14)15;1-7(4-3-5-9)8(2)6-10;1-3-2-4/h2-4,7,12H,5-6H2,1H3,(H,14,15);5-7H,3-4H2,1-2H3;2H,1H3,(H,3,4). The number of aliphatic carboxylic acids is 1. The Balaban J connectivity index is 0. The van der Waals surface area contributed by atoms with Gasteiger partial charge in [0.05, 0.1) is 6.42 Å². The minimum Gasteiger partial charge on any atom is -0.481 e. The third kappa shape index (κ3) is 14.5. The summed E-state index contributed by atoms with van der Waals surface area (Å²) in [5.74, 6) is -0.841. The number of carboxylic acids is 1. The summed E-state index contributed by atoms with van der Waals surface area (Å²) in [6, 6.07) is 5.48. The van der Waals surface area contributed by atoms with E-state index in [0.29, 0.717) is 24.9 Å². The molecule has 29 heavy (non-hydrogen) atoms. The van der Waals surface area contributed by atoms with Crippen LogP contribution in [0.2, 0.25) is 0 Å². The number of amides is 2. The van der Waals surface area contributed by atoms with Gasteiger partial charge in [-0.05, 0) is 31.9 Å². The van der Waals surface area contributed by atoms with Gasteiger partial charge in [0.2, 0.25) is 12.8 Å². The molecule has 1 rings (SSSR count). The van der Waals surface area contributed by atoms with Gasteiger partial charge in [0.1, 0.15) is 12.6 Å². The molecule has 0 aliphatic carbocycles. The third-order valence-electron chi connectivity index (χ3n) is 3.84. The van der Waals surface area contributed by atoms with Crippen molar-refractivity contribution in [1.29, 1.82) is 0 Å². The number of anilines is 1. The highest BCUT2D eigenvalue weighted by Gasteiger charge is 2.04. The van der Waals surface area contributed by atoms with Crippen LogP contribution in [0.25, 0.3) is 0 Å². The lowest BCUT2D eigenvalue weighted by Gasteiger charge is -2.18. The monoisotopic (exact) mass is 409 g/mol. The number of hydrogen-bond acceptors (Lipinski definition) is 6. The Labute approximate surface area is 171 Å². The number of rotatable bonds is 11. The number of nitrogens with one attached hydrogen (secondary N) is 2. The maximum Gasteiger partial charge on any atom is 0.305 e. The molecule has 1 aromatic rings. The van der Waals surface area contributed by atoms with Crippen LogP contribution in [0.3, 0.4) is 0 Å². The van der Waals surface area contributed by atoms with E-state index in [-0.39, 0.29) is 12.5 Å². The summed E-state index contributed by atoms with van der Waals surface area (Å²) in [5, 5.41) is 13.7. The average Bonchev–Trinajstić information content (AvgIpc) is 2.73. The van der Waals surface area contributed by atoms with E-state index in [4.69, 9.17) is 9.90 Å². The van der Waals surface area contributed by atoms with E-state index in [1.165, 1.54) is 0 Å². The molecule has 1 aromatic carbocycles. The molecule has 0 saturated carbocycles. The first-order valence-electron chi connectivity index (χ1n) is 9.01. The fraction of sp³-hybridized carbons (Fsp3) is 0.450. The first-order chi connectivity index (χ1) is 13.8. The van der Waals surface area contributed by atoms with E-state index in [9.17, 15) is 19.2 Å². The summed E-state index contributed by atoms with van der Waals surface area (Å²) >= 11 is 0. The molecular weight excluding hydrogens is 378 g/mol. The Morgan fingerprint density at radius 1 is 1.24 bits per heavy atom. The second-order valence-electron chi connectivity index (χ2n) is 5.98. The fourth-order valence-electron chi connectivity index (χ4n) is 1.89.